The number of para-hydroxylation sites is 1. The largest absolute Gasteiger partial charge is 0.478 e. The zero-order valence-corrected chi connectivity index (χ0v) is 16.8. The molecule has 0 amide bonds. The van der Waals surface area contributed by atoms with Gasteiger partial charge in [0.2, 0.25) is 0 Å². The molecule has 0 saturated heterocycles. The molecule has 4 aromatic carbocycles. The summed E-state index contributed by atoms with van der Waals surface area (Å²) in [5.74, 6) is 0.966. The van der Waals surface area contributed by atoms with E-state index in [1.54, 1.807) is 12.1 Å². The molecule has 1 N–H and O–H groups in total. The van der Waals surface area contributed by atoms with Gasteiger partial charge in [-0.1, -0.05) is 72.8 Å². The molecule has 0 heterocycles. The Hall–Kier alpha value is -4.05. The zero-order valence-electron chi connectivity index (χ0n) is 16.8. The molecule has 0 unspecified atom stereocenters. The summed E-state index contributed by atoms with van der Waals surface area (Å²) < 4.78 is 11.5. The fourth-order valence-corrected chi connectivity index (χ4v) is 3.23. The van der Waals surface area contributed by atoms with Crippen molar-refractivity contribution in [2.24, 2.45) is 0 Å². The number of aliphatic carboxylic acids is 1. The monoisotopic (exact) mass is 410 g/mol. The molecule has 31 heavy (non-hydrogen) atoms. The van der Waals surface area contributed by atoms with Gasteiger partial charge in [0.05, 0.1) is 0 Å². The summed E-state index contributed by atoms with van der Waals surface area (Å²) in [5.41, 5.74) is 3.00. The van der Waals surface area contributed by atoms with Crippen molar-refractivity contribution in [3.05, 3.63) is 115 Å². The molecule has 0 fully saturated rings. The summed E-state index contributed by atoms with van der Waals surface area (Å²) in [5, 5.41) is 9.63. The number of hydrogen-bond acceptors (Lipinski definition) is 3. The summed E-state index contributed by atoms with van der Waals surface area (Å²) in [6.45, 7) is 0. The minimum atomic E-state index is -1.00. The first-order valence-corrected chi connectivity index (χ1v) is 10.0. The van der Waals surface area contributed by atoms with Crippen molar-refractivity contribution >= 4 is 5.97 Å². The molecule has 0 spiro atoms. The highest BCUT2D eigenvalue weighted by atomic mass is 16.5. The third-order valence-corrected chi connectivity index (χ3v) is 4.84. The topological polar surface area (TPSA) is 55.8 Å². The van der Waals surface area contributed by atoms with Crippen LogP contribution in [-0.4, -0.2) is 17.2 Å². The number of hydrogen-bond donors (Lipinski definition) is 1. The number of carbonyl (C=O) groups is 1. The van der Waals surface area contributed by atoms with Gasteiger partial charge < -0.3 is 14.6 Å². The van der Waals surface area contributed by atoms with Crippen LogP contribution in [0.3, 0.4) is 0 Å². The molecule has 4 heteroatoms. The highest BCUT2D eigenvalue weighted by Crippen LogP contribution is 2.24. The van der Waals surface area contributed by atoms with Crippen molar-refractivity contribution in [1.29, 1.82) is 0 Å². The van der Waals surface area contributed by atoms with E-state index in [0.717, 1.165) is 22.4 Å². The maximum Gasteiger partial charge on any atom is 0.345 e. The highest BCUT2D eigenvalue weighted by Gasteiger charge is 2.20. The summed E-state index contributed by atoms with van der Waals surface area (Å²) >= 11 is 0. The Labute approximate surface area is 181 Å². The molecule has 4 aromatic rings. The molecular weight excluding hydrogens is 388 g/mol. The number of ether oxygens (including phenoxy) is 2. The van der Waals surface area contributed by atoms with Crippen LogP contribution in [0.25, 0.3) is 11.1 Å². The van der Waals surface area contributed by atoms with Crippen LogP contribution in [0.5, 0.6) is 17.2 Å². The third kappa shape index (κ3) is 5.52. The Morgan fingerprint density at radius 1 is 0.645 bits per heavy atom. The maximum atomic E-state index is 11.8. The smallest absolute Gasteiger partial charge is 0.345 e. The van der Waals surface area contributed by atoms with E-state index in [1.165, 1.54) is 0 Å². The Balaban J connectivity index is 1.40. The summed E-state index contributed by atoms with van der Waals surface area (Å²) in [6.07, 6.45) is -0.732. The van der Waals surface area contributed by atoms with Crippen molar-refractivity contribution in [3.8, 4) is 28.4 Å². The van der Waals surface area contributed by atoms with Crippen molar-refractivity contribution in [2.75, 3.05) is 0 Å². The number of rotatable bonds is 8. The van der Waals surface area contributed by atoms with Gasteiger partial charge in [-0.05, 0) is 53.1 Å². The van der Waals surface area contributed by atoms with Crippen LogP contribution in [0.2, 0.25) is 0 Å². The lowest BCUT2D eigenvalue weighted by Gasteiger charge is -2.16. The van der Waals surface area contributed by atoms with E-state index >= 15 is 0 Å². The van der Waals surface area contributed by atoms with Gasteiger partial charge in [0, 0.05) is 6.42 Å². The molecule has 0 bridgehead atoms. The molecule has 0 aliphatic carbocycles. The van der Waals surface area contributed by atoms with Crippen molar-refractivity contribution < 1.29 is 19.4 Å². The van der Waals surface area contributed by atoms with Crippen molar-refractivity contribution in [2.45, 2.75) is 12.5 Å². The van der Waals surface area contributed by atoms with Crippen LogP contribution in [-0.2, 0) is 11.2 Å². The van der Waals surface area contributed by atoms with Crippen molar-refractivity contribution in [1.82, 2.24) is 0 Å². The van der Waals surface area contributed by atoms with Gasteiger partial charge in [0.25, 0.3) is 0 Å². The minimum Gasteiger partial charge on any atom is -0.478 e. The van der Waals surface area contributed by atoms with Crippen LogP contribution < -0.4 is 9.47 Å². The first-order valence-electron chi connectivity index (χ1n) is 10.0. The highest BCUT2D eigenvalue weighted by molar-refractivity contribution is 5.73. The fourth-order valence-electron chi connectivity index (χ4n) is 3.23. The second-order valence-electron chi connectivity index (χ2n) is 7.10. The van der Waals surface area contributed by atoms with Crippen LogP contribution in [0.1, 0.15) is 5.56 Å². The number of carboxylic acids is 1. The molecule has 1 atom stereocenters. The Morgan fingerprint density at radius 2 is 1.16 bits per heavy atom. The predicted octanol–water partition coefficient (Wildman–Crippen LogP) is 6.22. The van der Waals surface area contributed by atoms with Gasteiger partial charge in [-0.3, -0.25) is 0 Å². The van der Waals surface area contributed by atoms with E-state index in [2.05, 4.69) is 0 Å². The Kier molecular flexibility index (Phi) is 6.29. The molecule has 4 nitrogen and oxygen atoms in total. The Bertz CT molecular complexity index is 1110. The van der Waals surface area contributed by atoms with Gasteiger partial charge in [0.1, 0.15) is 17.2 Å². The van der Waals surface area contributed by atoms with E-state index in [0.29, 0.717) is 11.5 Å². The van der Waals surface area contributed by atoms with E-state index in [-0.39, 0.29) is 6.42 Å². The Morgan fingerprint density at radius 3 is 1.77 bits per heavy atom. The molecule has 0 aliphatic rings. The second-order valence-corrected chi connectivity index (χ2v) is 7.10. The molecular formula is C27H22O4. The standard InChI is InChI=1S/C27H22O4/c28-27(29)26(31-25-17-13-22(14-18-25)21-7-3-1-4-8-21)19-20-11-15-24(16-12-20)30-23-9-5-2-6-10-23/h1-18,26H,19H2,(H,28,29)/t26-/m1/s1. The molecule has 0 radical (unpaired) electrons. The van der Waals surface area contributed by atoms with Crippen molar-refractivity contribution in [3.63, 3.8) is 0 Å². The summed E-state index contributed by atoms with van der Waals surface area (Å²) in [7, 11) is 0. The average Bonchev–Trinajstić information content (AvgIpc) is 2.81. The lowest BCUT2D eigenvalue weighted by atomic mass is 10.1. The first kappa shape index (κ1) is 20.2. The average molecular weight is 410 g/mol. The van der Waals surface area contributed by atoms with E-state index in [1.807, 2.05) is 97.1 Å². The summed E-state index contributed by atoms with van der Waals surface area (Å²) in [4.78, 5) is 11.8. The van der Waals surface area contributed by atoms with E-state index < -0.39 is 12.1 Å². The molecule has 154 valence electrons. The summed E-state index contributed by atoms with van der Waals surface area (Å²) in [6, 6.07) is 34.3. The lowest BCUT2D eigenvalue weighted by molar-refractivity contribution is -0.145. The lowest BCUT2D eigenvalue weighted by Crippen LogP contribution is -2.29. The predicted molar refractivity (Wildman–Crippen MR) is 121 cm³/mol. The zero-order chi connectivity index (χ0) is 21.5. The minimum absolute atomic E-state index is 0.251. The van der Waals surface area contributed by atoms with Crippen LogP contribution >= 0.6 is 0 Å². The van der Waals surface area contributed by atoms with Crippen LogP contribution in [0, 0.1) is 0 Å². The number of carboxylic acid groups (broad SMARTS) is 1. The number of benzene rings is 4. The maximum absolute atomic E-state index is 11.8. The van der Waals surface area contributed by atoms with Gasteiger partial charge >= 0.3 is 5.97 Å². The second kappa shape index (κ2) is 9.63. The normalized spacial score (nSPS) is 11.5. The molecule has 0 saturated carbocycles. The van der Waals surface area contributed by atoms with Crippen LogP contribution in [0.15, 0.2) is 109 Å². The quantitative estimate of drug-likeness (QED) is 0.375. The fraction of sp³-hybridized carbons (Fsp3) is 0.0741. The van der Waals surface area contributed by atoms with Gasteiger partial charge in [-0.25, -0.2) is 4.79 Å². The molecule has 0 aromatic heterocycles. The molecule has 0 aliphatic heterocycles. The first-order chi connectivity index (χ1) is 15.2. The van der Waals surface area contributed by atoms with Gasteiger partial charge in [0.15, 0.2) is 6.10 Å². The molecule has 4 rings (SSSR count). The van der Waals surface area contributed by atoms with Crippen LogP contribution in [0.4, 0.5) is 0 Å². The van der Waals surface area contributed by atoms with Gasteiger partial charge in [-0.2, -0.15) is 0 Å². The third-order valence-electron chi connectivity index (χ3n) is 4.84. The van der Waals surface area contributed by atoms with Gasteiger partial charge in [-0.15, -0.1) is 0 Å². The van der Waals surface area contributed by atoms with E-state index in [4.69, 9.17) is 9.47 Å². The SMILES string of the molecule is O=C(O)[C@@H](Cc1ccc(Oc2ccccc2)cc1)Oc1ccc(-c2ccccc2)cc1. The van der Waals surface area contributed by atoms with E-state index in [9.17, 15) is 9.90 Å².